The monoisotopic (exact) mass is 369 g/mol. The molecule has 0 aliphatic carbocycles. The van der Waals surface area contributed by atoms with Gasteiger partial charge in [-0.25, -0.2) is 0 Å². The Hall–Kier alpha value is -2.42. The molecule has 132 valence electrons. The Bertz CT molecular complexity index is 834. The smallest absolute Gasteiger partial charge is 0.422 e. The highest BCUT2D eigenvalue weighted by Crippen LogP contribution is 2.26. The SMILES string of the molecule is Cc1c(OCC(F)(F)F)ccnc1CSOc1nc2ccccc2[nH]1. The van der Waals surface area contributed by atoms with Crippen molar-refractivity contribution in [3.05, 3.63) is 47.8 Å². The fourth-order valence-corrected chi connectivity index (χ4v) is 2.78. The second-order valence-corrected chi connectivity index (χ2v) is 5.88. The third-order valence-corrected chi connectivity index (χ3v) is 4.02. The van der Waals surface area contributed by atoms with Gasteiger partial charge in [-0.1, -0.05) is 12.1 Å². The Balaban J connectivity index is 1.61. The number of nitrogens with one attached hydrogen (secondary N) is 1. The van der Waals surface area contributed by atoms with E-state index in [9.17, 15) is 13.2 Å². The number of hydrogen-bond acceptors (Lipinski definition) is 5. The first-order chi connectivity index (χ1) is 11.9. The van der Waals surface area contributed by atoms with E-state index in [1.54, 1.807) is 6.92 Å². The van der Waals surface area contributed by atoms with Crippen LogP contribution in [0.3, 0.4) is 0 Å². The second-order valence-electron chi connectivity index (χ2n) is 5.19. The fourth-order valence-electron chi connectivity index (χ4n) is 2.13. The molecule has 9 heteroatoms. The van der Waals surface area contributed by atoms with E-state index in [1.807, 2.05) is 24.3 Å². The number of para-hydroxylation sites is 2. The van der Waals surface area contributed by atoms with Crippen LogP contribution in [0.1, 0.15) is 11.3 Å². The summed E-state index contributed by atoms with van der Waals surface area (Å²) in [6.45, 7) is 0.329. The maximum Gasteiger partial charge on any atom is 0.422 e. The van der Waals surface area contributed by atoms with Gasteiger partial charge in [0, 0.05) is 11.8 Å². The highest BCUT2D eigenvalue weighted by atomic mass is 32.2. The average molecular weight is 369 g/mol. The molecule has 0 radical (unpaired) electrons. The van der Waals surface area contributed by atoms with Gasteiger partial charge in [0.25, 0.3) is 0 Å². The lowest BCUT2D eigenvalue weighted by Gasteiger charge is -2.13. The molecule has 1 N–H and O–H groups in total. The maximum absolute atomic E-state index is 12.3. The molecule has 0 bridgehead atoms. The lowest BCUT2D eigenvalue weighted by molar-refractivity contribution is -0.153. The summed E-state index contributed by atoms with van der Waals surface area (Å²) >= 11 is 1.09. The summed E-state index contributed by atoms with van der Waals surface area (Å²) in [5.41, 5.74) is 2.78. The van der Waals surface area contributed by atoms with Crippen molar-refractivity contribution in [3.8, 4) is 11.8 Å². The summed E-state index contributed by atoms with van der Waals surface area (Å²) in [5.74, 6) is 0.498. The van der Waals surface area contributed by atoms with Crippen LogP contribution in [0, 0.1) is 6.92 Å². The molecule has 0 aliphatic rings. The number of pyridine rings is 1. The molecule has 0 unspecified atom stereocenters. The first kappa shape index (κ1) is 17.4. The van der Waals surface area contributed by atoms with Gasteiger partial charge in [-0.05, 0) is 25.1 Å². The van der Waals surface area contributed by atoms with Gasteiger partial charge in [-0.2, -0.15) is 18.2 Å². The molecule has 2 aromatic heterocycles. The van der Waals surface area contributed by atoms with E-state index in [4.69, 9.17) is 8.92 Å². The van der Waals surface area contributed by atoms with Crippen LogP contribution in [0.4, 0.5) is 13.2 Å². The average Bonchev–Trinajstić information content (AvgIpc) is 2.97. The van der Waals surface area contributed by atoms with Gasteiger partial charge in [0.1, 0.15) is 5.75 Å². The summed E-state index contributed by atoms with van der Waals surface area (Å²) in [7, 11) is 0. The van der Waals surface area contributed by atoms with Gasteiger partial charge in [0.15, 0.2) is 6.61 Å². The highest BCUT2D eigenvalue weighted by molar-refractivity contribution is 7.94. The molecule has 0 spiro atoms. The van der Waals surface area contributed by atoms with Crippen LogP contribution in [-0.2, 0) is 5.75 Å². The molecule has 0 amide bonds. The van der Waals surface area contributed by atoms with Crippen molar-refractivity contribution >= 4 is 23.1 Å². The first-order valence-electron chi connectivity index (χ1n) is 7.30. The van der Waals surface area contributed by atoms with Crippen molar-refractivity contribution in [1.29, 1.82) is 0 Å². The van der Waals surface area contributed by atoms with Crippen LogP contribution in [0.5, 0.6) is 11.8 Å². The lowest BCUT2D eigenvalue weighted by atomic mass is 10.2. The minimum Gasteiger partial charge on any atom is -0.484 e. The molecule has 3 rings (SSSR count). The standard InChI is InChI=1S/C16H14F3N3O2S/c1-10-13(20-7-6-14(10)23-9-16(17,18)19)8-25-24-15-21-11-4-2-3-5-12(11)22-15/h2-7H,8-9H2,1H3,(H,21,22). The van der Waals surface area contributed by atoms with Crippen LogP contribution in [0.15, 0.2) is 36.5 Å². The normalized spacial score (nSPS) is 11.7. The van der Waals surface area contributed by atoms with Gasteiger partial charge in [0.2, 0.25) is 0 Å². The zero-order valence-electron chi connectivity index (χ0n) is 13.1. The number of aromatic amines is 1. The molecule has 0 fully saturated rings. The largest absolute Gasteiger partial charge is 0.484 e. The number of hydrogen-bond donors (Lipinski definition) is 1. The lowest BCUT2D eigenvalue weighted by Crippen LogP contribution is -2.19. The number of halogens is 3. The summed E-state index contributed by atoms with van der Waals surface area (Å²) in [6.07, 6.45) is -2.97. The predicted octanol–water partition coefficient (Wildman–Crippen LogP) is 4.43. The van der Waals surface area contributed by atoms with Gasteiger partial charge in [-0.15, -0.1) is 0 Å². The topological polar surface area (TPSA) is 60.0 Å². The summed E-state index contributed by atoms with van der Waals surface area (Å²) in [6, 6.07) is 9.27. The van der Waals surface area contributed by atoms with E-state index < -0.39 is 12.8 Å². The third kappa shape index (κ3) is 4.56. The second kappa shape index (κ2) is 7.22. The van der Waals surface area contributed by atoms with Crippen LogP contribution in [0.25, 0.3) is 11.0 Å². The van der Waals surface area contributed by atoms with Crippen molar-refractivity contribution in [1.82, 2.24) is 15.0 Å². The summed E-state index contributed by atoms with van der Waals surface area (Å²) in [4.78, 5) is 11.5. The Morgan fingerprint density at radius 2 is 2.00 bits per heavy atom. The summed E-state index contributed by atoms with van der Waals surface area (Å²) < 4.78 is 47.1. The van der Waals surface area contributed by atoms with Crippen LogP contribution < -0.4 is 8.92 Å². The van der Waals surface area contributed by atoms with Crippen molar-refractivity contribution in [2.75, 3.05) is 6.61 Å². The van der Waals surface area contributed by atoms with E-state index in [1.165, 1.54) is 12.3 Å². The molecule has 2 heterocycles. The molecule has 5 nitrogen and oxygen atoms in total. The number of benzene rings is 1. The Labute approximate surface area is 145 Å². The van der Waals surface area contributed by atoms with E-state index >= 15 is 0 Å². The number of nitrogens with zero attached hydrogens (tertiary/aromatic N) is 2. The quantitative estimate of drug-likeness (QED) is 0.651. The molecule has 0 atom stereocenters. The van der Waals surface area contributed by atoms with Crippen molar-refractivity contribution in [3.63, 3.8) is 0 Å². The number of alkyl halides is 3. The molecule has 25 heavy (non-hydrogen) atoms. The molecular weight excluding hydrogens is 355 g/mol. The third-order valence-electron chi connectivity index (χ3n) is 3.35. The fraction of sp³-hybridized carbons (Fsp3) is 0.250. The Kier molecular flexibility index (Phi) is 5.03. The van der Waals surface area contributed by atoms with Gasteiger partial charge in [-0.3, -0.25) is 4.98 Å². The zero-order valence-corrected chi connectivity index (χ0v) is 13.9. The van der Waals surface area contributed by atoms with Crippen molar-refractivity contribution < 1.29 is 22.1 Å². The molecule has 3 aromatic rings. The Morgan fingerprint density at radius 1 is 1.20 bits per heavy atom. The number of rotatable bonds is 6. The molecule has 0 aliphatic heterocycles. The number of H-pyrrole nitrogens is 1. The minimum atomic E-state index is -4.38. The number of ether oxygens (including phenoxy) is 1. The van der Waals surface area contributed by atoms with E-state index in [0.717, 1.165) is 23.1 Å². The highest BCUT2D eigenvalue weighted by Gasteiger charge is 2.28. The molecular formula is C16H14F3N3O2S. The molecule has 0 saturated carbocycles. The maximum atomic E-state index is 12.3. The molecule has 0 saturated heterocycles. The zero-order chi connectivity index (χ0) is 17.9. The van der Waals surface area contributed by atoms with Crippen LogP contribution in [0.2, 0.25) is 0 Å². The minimum absolute atomic E-state index is 0.159. The molecule has 1 aromatic carbocycles. The first-order valence-corrected chi connectivity index (χ1v) is 8.22. The van der Waals surface area contributed by atoms with Crippen molar-refractivity contribution in [2.24, 2.45) is 0 Å². The van der Waals surface area contributed by atoms with E-state index in [0.29, 0.717) is 23.0 Å². The number of fused-ring (bicyclic) bond motifs is 1. The number of aromatic nitrogens is 3. The Morgan fingerprint density at radius 3 is 2.76 bits per heavy atom. The van der Waals surface area contributed by atoms with Gasteiger partial charge < -0.3 is 13.9 Å². The number of imidazole rings is 1. The van der Waals surface area contributed by atoms with Crippen LogP contribution in [-0.4, -0.2) is 27.7 Å². The van der Waals surface area contributed by atoms with E-state index in [-0.39, 0.29) is 5.75 Å². The van der Waals surface area contributed by atoms with Gasteiger partial charge in [0.05, 0.1) is 34.5 Å². The van der Waals surface area contributed by atoms with Crippen molar-refractivity contribution in [2.45, 2.75) is 18.9 Å². The van der Waals surface area contributed by atoms with E-state index in [2.05, 4.69) is 15.0 Å². The summed E-state index contributed by atoms with van der Waals surface area (Å²) in [5, 5.41) is 0. The van der Waals surface area contributed by atoms with Gasteiger partial charge >= 0.3 is 12.2 Å². The predicted molar refractivity (Wildman–Crippen MR) is 88.5 cm³/mol. The van der Waals surface area contributed by atoms with Crippen LogP contribution >= 0.6 is 12.0 Å².